The summed E-state index contributed by atoms with van der Waals surface area (Å²) >= 11 is 0. The number of hydrogen-bond acceptors (Lipinski definition) is 6. The lowest BCUT2D eigenvalue weighted by Crippen LogP contribution is -2.42. The molecular formula is C13H20O6. The molecule has 2 fully saturated rings. The number of esters is 1. The Hall–Kier alpha value is -0.950. The van der Waals surface area contributed by atoms with Gasteiger partial charge >= 0.3 is 5.97 Å². The molecule has 2 aliphatic rings. The van der Waals surface area contributed by atoms with E-state index < -0.39 is 42.5 Å². The second-order valence-electron chi connectivity index (χ2n) is 5.23. The summed E-state index contributed by atoms with van der Waals surface area (Å²) in [5.41, 5.74) is 0. The molecule has 0 aromatic carbocycles. The van der Waals surface area contributed by atoms with Crippen LogP contribution in [-0.4, -0.2) is 47.6 Å². The first-order valence-corrected chi connectivity index (χ1v) is 6.31. The van der Waals surface area contributed by atoms with E-state index in [0.29, 0.717) is 6.42 Å². The Morgan fingerprint density at radius 1 is 1.53 bits per heavy atom. The lowest BCUT2D eigenvalue weighted by molar-refractivity contribution is -0.228. The molecule has 0 spiro atoms. The van der Waals surface area contributed by atoms with Crippen LogP contribution < -0.4 is 0 Å². The van der Waals surface area contributed by atoms with Crippen molar-refractivity contribution in [2.24, 2.45) is 0 Å². The molecule has 0 aliphatic carbocycles. The van der Waals surface area contributed by atoms with E-state index in [1.54, 1.807) is 19.9 Å². The molecule has 0 radical (unpaired) electrons. The number of ether oxygens (including phenoxy) is 4. The molecule has 19 heavy (non-hydrogen) atoms. The molecule has 2 rings (SSSR count). The highest BCUT2D eigenvalue weighted by atomic mass is 16.8. The zero-order chi connectivity index (χ0) is 14.2. The minimum atomic E-state index is -0.906. The number of aliphatic hydroxyl groups is 1. The van der Waals surface area contributed by atoms with Crippen molar-refractivity contribution in [1.29, 1.82) is 0 Å². The predicted octanol–water partition coefficient (Wildman–Crippen LogP) is 0.731. The molecule has 0 saturated carbocycles. The van der Waals surface area contributed by atoms with Crippen LogP contribution in [-0.2, 0) is 23.7 Å². The highest BCUT2D eigenvalue weighted by molar-refractivity contribution is 5.66. The van der Waals surface area contributed by atoms with E-state index in [1.165, 1.54) is 6.92 Å². The summed E-state index contributed by atoms with van der Waals surface area (Å²) in [6, 6.07) is 0. The second kappa shape index (κ2) is 5.20. The average molecular weight is 272 g/mol. The normalized spacial score (nSPS) is 37.7. The third-order valence-electron chi connectivity index (χ3n) is 3.14. The Bertz CT molecular complexity index is 366. The van der Waals surface area contributed by atoms with Crippen LogP contribution in [0.15, 0.2) is 12.7 Å². The summed E-state index contributed by atoms with van der Waals surface area (Å²) in [6.07, 6.45) is -1.37. The second-order valence-corrected chi connectivity index (χ2v) is 5.23. The topological polar surface area (TPSA) is 74.2 Å². The molecule has 6 nitrogen and oxygen atoms in total. The maximum Gasteiger partial charge on any atom is 0.303 e. The Morgan fingerprint density at radius 3 is 2.74 bits per heavy atom. The van der Waals surface area contributed by atoms with Crippen LogP contribution in [0, 0.1) is 0 Å². The van der Waals surface area contributed by atoms with E-state index in [1.807, 2.05) is 0 Å². The van der Waals surface area contributed by atoms with Crippen molar-refractivity contribution < 1.29 is 28.8 Å². The molecule has 5 atom stereocenters. The van der Waals surface area contributed by atoms with Gasteiger partial charge in [0.05, 0.1) is 0 Å². The van der Waals surface area contributed by atoms with Gasteiger partial charge in [-0.1, -0.05) is 6.08 Å². The van der Waals surface area contributed by atoms with Crippen molar-refractivity contribution in [1.82, 2.24) is 0 Å². The monoisotopic (exact) mass is 272 g/mol. The van der Waals surface area contributed by atoms with Crippen molar-refractivity contribution in [3.8, 4) is 0 Å². The molecule has 1 N–H and O–H groups in total. The molecule has 6 heteroatoms. The number of carbonyl (C=O) groups excluding carboxylic acids is 1. The smallest absolute Gasteiger partial charge is 0.303 e. The van der Waals surface area contributed by atoms with E-state index in [9.17, 15) is 9.90 Å². The molecule has 0 bridgehead atoms. The van der Waals surface area contributed by atoms with Crippen molar-refractivity contribution in [3.05, 3.63) is 12.7 Å². The van der Waals surface area contributed by atoms with Gasteiger partial charge in [0.1, 0.15) is 24.4 Å². The van der Waals surface area contributed by atoms with Gasteiger partial charge in [0.15, 0.2) is 12.1 Å². The van der Waals surface area contributed by atoms with Crippen LogP contribution >= 0.6 is 0 Å². The summed E-state index contributed by atoms with van der Waals surface area (Å²) in [5, 5.41) is 10.2. The largest absolute Gasteiger partial charge is 0.459 e. The molecule has 0 aromatic rings. The first-order chi connectivity index (χ1) is 8.84. The summed E-state index contributed by atoms with van der Waals surface area (Å²) in [4.78, 5) is 11.1. The molecule has 0 aromatic heterocycles. The first-order valence-electron chi connectivity index (χ1n) is 6.31. The average Bonchev–Trinajstić information content (AvgIpc) is 2.72. The van der Waals surface area contributed by atoms with Crippen LogP contribution in [0.4, 0.5) is 0 Å². The van der Waals surface area contributed by atoms with Gasteiger partial charge in [-0.3, -0.25) is 4.79 Å². The summed E-state index contributed by atoms with van der Waals surface area (Å²) < 4.78 is 21.9. The van der Waals surface area contributed by atoms with Gasteiger partial charge in [0.2, 0.25) is 0 Å². The Morgan fingerprint density at radius 2 is 2.21 bits per heavy atom. The fourth-order valence-corrected chi connectivity index (χ4v) is 2.45. The SMILES string of the molecule is C=CC[C@@H](OC(C)=O)[C@H]1O[C@@H]2OC(C)(C)O[C@@H]2[C@H]1O. The lowest BCUT2D eigenvalue weighted by Gasteiger charge is -2.27. The van der Waals surface area contributed by atoms with E-state index >= 15 is 0 Å². The van der Waals surface area contributed by atoms with E-state index in [4.69, 9.17) is 18.9 Å². The fourth-order valence-electron chi connectivity index (χ4n) is 2.45. The van der Waals surface area contributed by atoms with E-state index in [-0.39, 0.29) is 0 Å². The minimum absolute atomic E-state index is 0.393. The maximum atomic E-state index is 11.1. The maximum absolute atomic E-state index is 11.1. The number of aliphatic hydroxyl groups excluding tert-OH is 1. The van der Waals surface area contributed by atoms with Gasteiger partial charge in [-0.15, -0.1) is 6.58 Å². The quantitative estimate of drug-likeness (QED) is 0.601. The standard InChI is InChI=1S/C13H20O6/c1-5-6-8(16-7(2)14)10-9(15)11-12(17-10)19-13(3,4)18-11/h5,8-12,15H,1,6H2,2-4H3/t8-,9+,10-,11-,12-/m1/s1. The van der Waals surface area contributed by atoms with Gasteiger partial charge in [-0.2, -0.15) is 0 Å². The third-order valence-corrected chi connectivity index (χ3v) is 3.14. The Labute approximate surface area is 112 Å². The molecule has 108 valence electrons. The molecule has 0 amide bonds. The van der Waals surface area contributed by atoms with Gasteiger partial charge in [0, 0.05) is 13.3 Å². The molecule has 2 heterocycles. The molecule has 2 aliphatic heterocycles. The number of fused-ring (bicyclic) bond motifs is 1. The van der Waals surface area contributed by atoms with Gasteiger partial charge in [-0.05, 0) is 13.8 Å². The Kier molecular flexibility index (Phi) is 3.96. The predicted molar refractivity (Wildman–Crippen MR) is 65.1 cm³/mol. The Balaban J connectivity index is 2.06. The van der Waals surface area contributed by atoms with E-state index in [0.717, 1.165) is 0 Å². The third kappa shape index (κ3) is 2.97. The van der Waals surface area contributed by atoms with E-state index in [2.05, 4.69) is 6.58 Å². The zero-order valence-electron chi connectivity index (χ0n) is 11.4. The van der Waals surface area contributed by atoms with Crippen molar-refractivity contribution >= 4 is 5.97 Å². The van der Waals surface area contributed by atoms with Gasteiger partial charge in [-0.25, -0.2) is 0 Å². The molecule has 2 saturated heterocycles. The molecular weight excluding hydrogens is 252 g/mol. The number of hydrogen-bond donors (Lipinski definition) is 1. The number of rotatable bonds is 4. The van der Waals surface area contributed by atoms with Crippen LogP contribution in [0.3, 0.4) is 0 Å². The number of carbonyl (C=O) groups is 1. The van der Waals surface area contributed by atoms with Crippen LogP contribution in [0.5, 0.6) is 0 Å². The fraction of sp³-hybridized carbons (Fsp3) is 0.769. The summed E-state index contributed by atoms with van der Waals surface area (Å²) in [7, 11) is 0. The van der Waals surface area contributed by atoms with Crippen LogP contribution in [0.25, 0.3) is 0 Å². The zero-order valence-corrected chi connectivity index (χ0v) is 11.4. The molecule has 0 unspecified atom stereocenters. The van der Waals surface area contributed by atoms with Gasteiger partial charge < -0.3 is 24.1 Å². The first kappa shape index (κ1) is 14.5. The summed E-state index contributed by atoms with van der Waals surface area (Å²) in [5.74, 6) is -1.21. The van der Waals surface area contributed by atoms with Crippen LogP contribution in [0.1, 0.15) is 27.2 Å². The minimum Gasteiger partial charge on any atom is -0.459 e. The lowest BCUT2D eigenvalue weighted by atomic mass is 10.0. The van der Waals surface area contributed by atoms with Gasteiger partial charge in [0.25, 0.3) is 0 Å². The van der Waals surface area contributed by atoms with Crippen LogP contribution in [0.2, 0.25) is 0 Å². The summed E-state index contributed by atoms with van der Waals surface area (Å²) in [6.45, 7) is 8.43. The van der Waals surface area contributed by atoms with Crippen molar-refractivity contribution in [3.63, 3.8) is 0 Å². The highest BCUT2D eigenvalue weighted by Gasteiger charge is 2.56. The van der Waals surface area contributed by atoms with Crippen molar-refractivity contribution in [2.45, 2.75) is 63.7 Å². The highest BCUT2D eigenvalue weighted by Crippen LogP contribution is 2.39. The van der Waals surface area contributed by atoms with Crippen molar-refractivity contribution in [2.75, 3.05) is 0 Å².